The van der Waals surface area contributed by atoms with Crippen molar-refractivity contribution < 1.29 is 9.53 Å². The Labute approximate surface area is 182 Å². The highest BCUT2D eigenvalue weighted by molar-refractivity contribution is 7.17. The Hall–Kier alpha value is -2.61. The van der Waals surface area contributed by atoms with E-state index >= 15 is 0 Å². The van der Waals surface area contributed by atoms with E-state index in [-0.39, 0.29) is 11.4 Å². The van der Waals surface area contributed by atoms with E-state index in [1.54, 1.807) is 22.7 Å². The lowest BCUT2D eigenvalue weighted by molar-refractivity contribution is -0.0594. The van der Waals surface area contributed by atoms with Crippen LogP contribution in [0.15, 0.2) is 47.2 Å². The standard InChI is InChI=1S/C23H21N3O2S2/c1-14-24-20(11-30-14)16-5-3-15(4-6-16)9-17-10-19(25-18-7-8-29-21(17)18)22(27)26-23(2)12-28-13-23/h3-8,10-11H,9,12-13H2,1-2H3,(H,26,27). The van der Waals surface area contributed by atoms with Gasteiger partial charge in [0, 0.05) is 10.9 Å². The number of thiophene rings is 1. The normalized spacial score (nSPS) is 15.1. The van der Waals surface area contributed by atoms with Gasteiger partial charge in [0.2, 0.25) is 0 Å². The van der Waals surface area contributed by atoms with E-state index in [4.69, 9.17) is 4.74 Å². The van der Waals surface area contributed by atoms with Gasteiger partial charge in [0.1, 0.15) is 5.69 Å². The molecule has 1 saturated heterocycles. The molecule has 0 aliphatic carbocycles. The topological polar surface area (TPSA) is 64.1 Å². The molecule has 5 nitrogen and oxygen atoms in total. The number of hydrogen-bond donors (Lipinski definition) is 1. The van der Waals surface area contributed by atoms with Gasteiger partial charge in [-0.15, -0.1) is 22.7 Å². The van der Waals surface area contributed by atoms with E-state index in [0.29, 0.717) is 18.9 Å². The first kappa shape index (κ1) is 19.4. The monoisotopic (exact) mass is 435 g/mol. The fraction of sp³-hybridized carbons (Fsp3) is 0.261. The summed E-state index contributed by atoms with van der Waals surface area (Å²) in [4.78, 5) is 21.9. The number of thiazole rings is 1. The average Bonchev–Trinajstić information content (AvgIpc) is 3.36. The SMILES string of the molecule is Cc1nc(-c2ccc(Cc3cc(C(=O)NC4(C)COC4)nc4ccsc34)cc2)cs1. The van der Waals surface area contributed by atoms with Gasteiger partial charge in [-0.05, 0) is 48.9 Å². The molecule has 0 radical (unpaired) electrons. The highest BCUT2D eigenvalue weighted by Gasteiger charge is 2.35. The molecule has 4 aromatic rings. The maximum absolute atomic E-state index is 12.8. The second-order valence-corrected chi connectivity index (χ2v) is 9.91. The van der Waals surface area contributed by atoms with Gasteiger partial charge in [0.15, 0.2) is 0 Å². The van der Waals surface area contributed by atoms with Crippen molar-refractivity contribution in [1.82, 2.24) is 15.3 Å². The predicted octanol–water partition coefficient (Wildman–Crippen LogP) is 4.84. The van der Waals surface area contributed by atoms with Gasteiger partial charge in [-0.2, -0.15) is 0 Å². The Balaban J connectivity index is 1.42. The highest BCUT2D eigenvalue weighted by Crippen LogP contribution is 2.28. The van der Waals surface area contributed by atoms with Crippen LogP contribution in [-0.4, -0.2) is 34.6 Å². The van der Waals surface area contributed by atoms with Crippen molar-refractivity contribution in [1.29, 1.82) is 0 Å². The van der Waals surface area contributed by atoms with Crippen molar-refractivity contribution in [3.8, 4) is 11.3 Å². The number of nitrogens with one attached hydrogen (secondary N) is 1. The maximum atomic E-state index is 12.8. The summed E-state index contributed by atoms with van der Waals surface area (Å²) in [5.74, 6) is -0.149. The zero-order valence-electron chi connectivity index (χ0n) is 16.8. The second kappa shape index (κ2) is 7.58. The molecule has 0 atom stereocenters. The molecule has 7 heteroatoms. The predicted molar refractivity (Wildman–Crippen MR) is 121 cm³/mol. The first-order valence-electron chi connectivity index (χ1n) is 9.78. The summed E-state index contributed by atoms with van der Waals surface area (Å²) in [6.45, 7) is 5.09. The molecule has 3 aromatic heterocycles. The van der Waals surface area contributed by atoms with Crippen molar-refractivity contribution in [2.24, 2.45) is 0 Å². The van der Waals surface area contributed by atoms with Crippen LogP contribution in [0.1, 0.15) is 33.5 Å². The highest BCUT2D eigenvalue weighted by atomic mass is 32.1. The van der Waals surface area contributed by atoms with E-state index in [1.165, 1.54) is 5.56 Å². The number of ether oxygens (including phenoxy) is 1. The van der Waals surface area contributed by atoms with Crippen LogP contribution < -0.4 is 5.32 Å². The fourth-order valence-corrected chi connectivity index (χ4v) is 5.07. The van der Waals surface area contributed by atoms with Gasteiger partial charge in [0.25, 0.3) is 5.91 Å². The second-order valence-electron chi connectivity index (χ2n) is 7.93. The third-order valence-electron chi connectivity index (χ3n) is 5.24. The summed E-state index contributed by atoms with van der Waals surface area (Å²) in [7, 11) is 0. The van der Waals surface area contributed by atoms with Gasteiger partial charge < -0.3 is 10.1 Å². The molecule has 0 spiro atoms. The third kappa shape index (κ3) is 3.76. The maximum Gasteiger partial charge on any atom is 0.270 e. The number of hydrogen-bond acceptors (Lipinski definition) is 6. The number of pyridine rings is 1. The van der Waals surface area contributed by atoms with E-state index in [9.17, 15) is 4.79 Å². The zero-order chi connectivity index (χ0) is 20.7. The van der Waals surface area contributed by atoms with Crippen molar-refractivity contribution in [3.63, 3.8) is 0 Å². The van der Waals surface area contributed by atoms with Gasteiger partial charge in [-0.25, -0.2) is 9.97 Å². The molecule has 1 amide bonds. The van der Waals surface area contributed by atoms with Crippen molar-refractivity contribution in [3.05, 3.63) is 69.0 Å². The molecule has 1 aromatic carbocycles. The lowest BCUT2D eigenvalue weighted by atomic mass is 9.99. The van der Waals surface area contributed by atoms with Gasteiger partial charge in [0.05, 0.1) is 39.7 Å². The number of fused-ring (bicyclic) bond motifs is 1. The molecule has 1 aliphatic rings. The Kier molecular flexibility index (Phi) is 4.89. The van der Waals surface area contributed by atoms with Crippen LogP contribution in [0.3, 0.4) is 0 Å². The molecule has 5 rings (SSSR count). The molecule has 0 saturated carbocycles. The average molecular weight is 436 g/mol. The van der Waals surface area contributed by atoms with Crippen LogP contribution in [0.5, 0.6) is 0 Å². The van der Waals surface area contributed by atoms with Crippen LogP contribution >= 0.6 is 22.7 Å². The molecule has 1 fully saturated rings. The Morgan fingerprint density at radius 3 is 2.63 bits per heavy atom. The minimum Gasteiger partial charge on any atom is -0.376 e. The molecule has 30 heavy (non-hydrogen) atoms. The summed E-state index contributed by atoms with van der Waals surface area (Å²) < 4.78 is 6.37. The number of aryl methyl sites for hydroxylation is 1. The summed E-state index contributed by atoms with van der Waals surface area (Å²) in [6.07, 6.45) is 0.747. The summed E-state index contributed by atoms with van der Waals surface area (Å²) in [5.41, 5.74) is 5.47. The first-order valence-corrected chi connectivity index (χ1v) is 11.5. The van der Waals surface area contributed by atoms with E-state index in [0.717, 1.165) is 38.5 Å². The molecule has 152 valence electrons. The molecule has 4 heterocycles. The van der Waals surface area contributed by atoms with Gasteiger partial charge in [-0.3, -0.25) is 4.79 Å². The number of amides is 1. The summed E-state index contributed by atoms with van der Waals surface area (Å²) in [5, 5.41) is 8.23. The van der Waals surface area contributed by atoms with Gasteiger partial charge in [-0.1, -0.05) is 24.3 Å². The smallest absolute Gasteiger partial charge is 0.270 e. The Bertz CT molecular complexity index is 1220. The van der Waals surface area contributed by atoms with E-state index in [1.807, 2.05) is 31.4 Å². The van der Waals surface area contributed by atoms with Crippen molar-refractivity contribution in [2.45, 2.75) is 25.8 Å². The number of carbonyl (C=O) groups is 1. The quantitative estimate of drug-likeness (QED) is 0.487. The van der Waals surface area contributed by atoms with Crippen molar-refractivity contribution in [2.75, 3.05) is 13.2 Å². The van der Waals surface area contributed by atoms with Crippen LogP contribution in [-0.2, 0) is 11.2 Å². The number of carbonyl (C=O) groups excluding carboxylic acids is 1. The fourth-order valence-electron chi connectivity index (χ4n) is 3.60. The number of rotatable bonds is 5. The zero-order valence-corrected chi connectivity index (χ0v) is 18.4. The lowest BCUT2D eigenvalue weighted by Gasteiger charge is -2.38. The number of aromatic nitrogens is 2. The van der Waals surface area contributed by atoms with Crippen LogP contribution in [0, 0.1) is 6.92 Å². The van der Waals surface area contributed by atoms with Crippen LogP contribution in [0.25, 0.3) is 21.5 Å². The Morgan fingerprint density at radius 2 is 1.97 bits per heavy atom. The van der Waals surface area contributed by atoms with E-state index < -0.39 is 0 Å². The largest absolute Gasteiger partial charge is 0.376 e. The van der Waals surface area contributed by atoms with E-state index in [2.05, 4.69) is 44.9 Å². The summed E-state index contributed by atoms with van der Waals surface area (Å²) >= 11 is 3.32. The van der Waals surface area contributed by atoms with Gasteiger partial charge >= 0.3 is 0 Å². The number of benzene rings is 1. The first-order chi connectivity index (χ1) is 14.5. The molecule has 1 N–H and O–H groups in total. The Morgan fingerprint density at radius 1 is 1.17 bits per heavy atom. The molecule has 1 aliphatic heterocycles. The molecular formula is C23H21N3O2S2. The number of nitrogens with zero attached hydrogens (tertiary/aromatic N) is 2. The molecular weight excluding hydrogens is 414 g/mol. The minimum atomic E-state index is -0.299. The summed E-state index contributed by atoms with van der Waals surface area (Å²) in [6, 6.07) is 12.4. The molecule has 0 unspecified atom stereocenters. The molecule has 0 bridgehead atoms. The van der Waals surface area contributed by atoms with Crippen molar-refractivity contribution >= 4 is 38.8 Å². The van der Waals surface area contributed by atoms with Crippen LogP contribution in [0.2, 0.25) is 0 Å². The third-order valence-corrected chi connectivity index (χ3v) is 6.99. The van der Waals surface area contributed by atoms with Crippen LogP contribution in [0.4, 0.5) is 0 Å². The lowest BCUT2D eigenvalue weighted by Crippen LogP contribution is -2.60. The minimum absolute atomic E-state index is 0.149.